The molecule has 0 unspecified atom stereocenters. The standard InChI is InChI=1S/C17H22N4O2S/c1-12(2)9-16-20-10-14(24-16)17(22)21-7-3-13(4-8-21)23-15-11-18-5-6-19-15/h5-6,10-13H,3-4,7-9H2,1-2H3. The molecule has 2 aromatic rings. The van der Waals surface area contributed by atoms with Crippen molar-refractivity contribution >= 4 is 17.2 Å². The van der Waals surface area contributed by atoms with Crippen LogP contribution in [0.2, 0.25) is 0 Å². The molecule has 1 fully saturated rings. The number of ether oxygens (including phenoxy) is 1. The van der Waals surface area contributed by atoms with E-state index < -0.39 is 0 Å². The molecule has 3 heterocycles. The van der Waals surface area contributed by atoms with Crippen LogP contribution in [0.15, 0.2) is 24.8 Å². The van der Waals surface area contributed by atoms with Gasteiger partial charge in [-0.25, -0.2) is 9.97 Å². The van der Waals surface area contributed by atoms with Crippen LogP contribution in [0.4, 0.5) is 0 Å². The minimum atomic E-state index is 0.0838. The lowest BCUT2D eigenvalue weighted by atomic mass is 10.1. The van der Waals surface area contributed by atoms with Gasteiger partial charge in [-0.05, 0) is 5.92 Å². The van der Waals surface area contributed by atoms with E-state index in [0.29, 0.717) is 24.9 Å². The van der Waals surface area contributed by atoms with Crippen LogP contribution in [0.1, 0.15) is 41.4 Å². The van der Waals surface area contributed by atoms with E-state index in [9.17, 15) is 4.79 Å². The number of rotatable bonds is 5. The van der Waals surface area contributed by atoms with Gasteiger partial charge in [-0.3, -0.25) is 9.78 Å². The van der Waals surface area contributed by atoms with Crippen LogP contribution in [-0.4, -0.2) is 45.0 Å². The molecule has 1 aliphatic rings. The van der Waals surface area contributed by atoms with Crippen molar-refractivity contribution < 1.29 is 9.53 Å². The van der Waals surface area contributed by atoms with Gasteiger partial charge in [-0.15, -0.1) is 11.3 Å². The summed E-state index contributed by atoms with van der Waals surface area (Å²) in [5, 5.41) is 1.04. The summed E-state index contributed by atoms with van der Waals surface area (Å²) in [4.78, 5) is 27.7. The van der Waals surface area contributed by atoms with E-state index >= 15 is 0 Å². The Labute approximate surface area is 145 Å². The average molecular weight is 346 g/mol. The van der Waals surface area contributed by atoms with Crippen molar-refractivity contribution in [2.24, 2.45) is 5.92 Å². The fourth-order valence-corrected chi connectivity index (χ4v) is 3.80. The molecule has 1 saturated heterocycles. The number of carbonyl (C=O) groups is 1. The van der Waals surface area contributed by atoms with E-state index in [1.165, 1.54) is 11.3 Å². The van der Waals surface area contributed by atoms with E-state index in [1.54, 1.807) is 24.8 Å². The van der Waals surface area contributed by atoms with E-state index in [2.05, 4.69) is 28.8 Å². The molecule has 1 amide bonds. The van der Waals surface area contributed by atoms with Gasteiger partial charge >= 0.3 is 0 Å². The molecular formula is C17H22N4O2S. The Morgan fingerprint density at radius 1 is 1.29 bits per heavy atom. The summed E-state index contributed by atoms with van der Waals surface area (Å²) >= 11 is 1.51. The fourth-order valence-electron chi connectivity index (χ4n) is 2.70. The number of likely N-dealkylation sites (tertiary alicyclic amines) is 1. The lowest BCUT2D eigenvalue weighted by Gasteiger charge is -2.31. The first kappa shape index (κ1) is 16.8. The zero-order valence-electron chi connectivity index (χ0n) is 14.0. The Morgan fingerprint density at radius 2 is 2.08 bits per heavy atom. The van der Waals surface area contributed by atoms with Gasteiger partial charge in [0, 0.05) is 44.7 Å². The zero-order chi connectivity index (χ0) is 16.9. The van der Waals surface area contributed by atoms with Gasteiger partial charge in [0.25, 0.3) is 5.91 Å². The van der Waals surface area contributed by atoms with Crippen molar-refractivity contribution in [1.82, 2.24) is 19.9 Å². The van der Waals surface area contributed by atoms with Gasteiger partial charge in [-0.1, -0.05) is 13.8 Å². The first-order valence-corrected chi connectivity index (χ1v) is 9.10. The Hall–Kier alpha value is -2.02. The third-order valence-corrected chi connectivity index (χ3v) is 4.91. The van der Waals surface area contributed by atoms with Crippen LogP contribution in [-0.2, 0) is 6.42 Å². The smallest absolute Gasteiger partial charge is 0.265 e. The van der Waals surface area contributed by atoms with Gasteiger partial charge in [0.1, 0.15) is 11.0 Å². The second kappa shape index (κ2) is 7.70. The molecule has 1 aliphatic heterocycles. The Balaban J connectivity index is 1.52. The molecule has 0 radical (unpaired) electrons. The molecule has 2 aromatic heterocycles. The Morgan fingerprint density at radius 3 is 2.75 bits per heavy atom. The van der Waals surface area contributed by atoms with Gasteiger partial charge < -0.3 is 9.64 Å². The van der Waals surface area contributed by atoms with Crippen molar-refractivity contribution in [2.75, 3.05) is 13.1 Å². The molecule has 0 atom stereocenters. The quantitative estimate of drug-likeness (QED) is 0.833. The van der Waals surface area contributed by atoms with Gasteiger partial charge in [0.2, 0.25) is 5.88 Å². The topological polar surface area (TPSA) is 68.2 Å². The second-order valence-corrected chi connectivity index (χ2v) is 7.48. The maximum absolute atomic E-state index is 12.6. The molecule has 7 heteroatoms. The van der Waals surface area contributed by atoms with E-state index in [0.717, 1.165) is 29.1 Å². The predicted octanol–water partition coefficient (Wildman–Crippen LogP) is 2.82. The summed E-state index contributed by atoms with van der Waals surface area (Å²) in [6.45, 7) is 5.71. The van der Waals surface area contributed by atoms with Crippen LogP contribution >= 0.6 is 11.3 Å². The number of aromatic nitrogens is 3. The highest BCUT2D eigenvalue weighted by Gasteiger charge is 2.26. The molecule has 0 saturated carbocycles. The Bertz CT molecular complexity index is 666. The lowest BCUT2D eigenvalue weighted by Crippen LogP contribution is -2.41. The first-order chi connectivity index (χ1) is 11.6. The summed E-state index contributed by atoms with van der Waals surface area (Å²) in [6, 6.07) is 0. The van der Waals surface area contributed by atoms with Crippen LogP contribution < -0.4 is 4.74 Å². The normalized spacial score (nSPS) is 15.7. The molecule has 128 valence electrons. The van der Waals surface area contributed by atoms with Crippen LogP contribution in [0.25, 0.3) is 0 Å². The second-order valence-electron chi connectivity index (χ2n) is 6.37. The molecular weight excluding hydrogens is 324 g/mol. The third kappa shape index (κ3) is 4.29. The number of amides is 1. The highest BCUT2D eigenvalue weighted by Crippen LogP contribution is 2.22. The zero-order valence-corrected chi connectivity index (χ0v) is 14.8. The lowest BCUT2D eigenvalue weighted by molar-refractivity contribution is 0.0591. The molecule has 3 rings (SSSR count). The maximum atomic E-state index is 12.6. The largest absolute Gasteiger partial charge is 0.473 e. The molecule has 0 N–H and O–H groups in total. The van der Waals surface area contributed by atoms with Crippen molar-refractivity contribution in [3.8, 4) is 5.88 Å². The fraction of sp³-hybridized carbons (Fsp3) is 0.529. The monoisotopic (exact) mass is 346 g/mol. The minimum Gasteiger partial charge on any atom is -0.473 e. The highest BCUT2D eigenvalue weighted by molar-refractivity contribution is 7.13. The summed E-state index contributed by atoms with van der Waals surface area (Å²) in [7, 11) is 0. The molecule has 0 bridgehead atoms. The molecule has 0 aromatic carbocycles. The highest BCUT2D eigenvalue weighted by atomic mass is 32.1. The van der Waals surface area contributed by atoms with E-state index in [1.807, 2.05) is 4.90 Å². The van der Waals surface area contributed by atoms with Gasteiger partial charge in [0.05, 0.1) is 17.4 Å². The van der Waals surface area contributed by atoms with Crippen LogP contribution in [0, 0.1) is 5.92 Å². The number of nitrogens with zero attached hydrogens (tertiary/aromatic N) is 4. The molecule has 0 spiro atoms. The maximum Gasteiger partial charge on any atom is 0.265 e. The first-order valence-electron chi connectivity index (χ1n) is 8.28. The number of hydrogen-bond donors (Lipinski definition) is 0. The number of piperidine rings is 1. The number of thiazole rings is 1. The summed E-state index contributed by atoms with van der Waals surface area (Å²) in [5.41, 5.74) is 0. The van der Waals surface area contributed by atoms with Crippen molar-refractivity contribution in [1.29, 1.82) is 0 Å². The number of carbonyl (C=O) groups excluding carboxylic acids is 1. The van der Waals surface area contributed by atoms with Crippen molar-refractivity contribution in [3.63, 3.8) is 0 Å². The van der Waals surface area contributed by atoms with Gasteiger partial charge in [-0.2, -0.15) is 0 Å². The Kier molecular flexibility index (Phi) is 5.40. The predicted molar refractivity (Wildman–Crippen MR) is 92.2 cm³/mol. The average Bonchev–Trinajstić information content (AvgIpc) is 3.03. The summed E-state index contributed by atoms with van der Waals surface area (Å²) in [6.07, 6.45) is 9.19. The van der Waals surface area contributed by atoms with Crippen LogP contribution in [0.5, 0.6) is 5.88 Å². The summed E-state index contributed by atoms with van der Waals surface area (Å²) in [5.74, 6) is 1.18. The molecule has 6 nitrogen and oxygen atoms in total. The number of hydrogen-bond acceptors (Lipinski definition) is 6. The van der Waals surface area contributed by atoms with Crippen molar-refractivity contribution in [3.05, 3.63) is 34.7 Å². The van der Waals surface area contributed by atoms with Gasteiger partial charge in [0.15, 0.2) is 0 Å². The minimum absolute atomic E-state index is 0.0838. The third-order valence-electron chi connectivity index (χ3n) is 3.90. The summed E-state index contributed by atoms with van der Waals surface area (Å²) < 4.78 is 5.82. The SMILES string of the molecule is CC(C)Cc1ncc(C(=O)N2CCC(Oc3cnccn3)CC2)s1. The van der Waals surface area contributed by atoms with E-state index in [4.69, 9.17) is 4.74 Å². The van der Waals surface area contributed by atoms with E-state index in [-0.39, 0.29) is 12.0 Å². The van der Waals surface area contributed by atoms with Crippen LogP contribution in [0.3, 0.4) is 0 Å². The molecule has 24 heavy (non-hydrogen) atoms. The molecule has 0 aliphatic carbocycles. The van der Waals surface area contributed by atoms with Crippen molar-refractivity contribution in [2.45, 2.75) is 39.2 Å².